The van der Waals surface area contributed by atoms with E-state index < -0.39 is 12.6 Å². The largest absolute Gasteiger partial charge is 0.390 e. The first kappa shape index (κ1) is 15.4. The lowest BCUT2D eigenvalue weighted by atomic mass is 10.1. The summed E-state index contributed by atoms with van der Waals surface area (Å²) in [5, 5.41) is 3.90. The van der Waals surface area contributed by atoms with Crippen molar-refractivity contribution in [1.29, 1.82) is 0 Å². The Morgan fingerprint density at radius 2 is 2.05 bits per heavy atom. The highest BCUT2D eigenvalue weighted by molar-refractivity contribution is 6.30. The van der Waals surface area contributed by atoms with Gasteiger partial charge >= 0.3 is 6.18 Å². The summed E-state index contributed by atoms with van der Waals surface area (Å²) >= 11 is 5.96. The average molecular weight is 307 g/mol. The van der Waals surface area contributed by atoms with Crippen molar-refractivity contribution in [1.82, 2.24) is 5.32 Å². The smallest absolute Gasteiger partial charge is 0.374 e. The summed E-state index contributed by atoms with van der Waals surface area (Å²) in [7, 11) is 1.66. The van der Waals surface area contributed by atoms with Crippen LogP contribution < -0.4 is 10.2 Å². The van der Waals surface area contributed by atoms with Crippen LogP contribution in [0.15, 0.2) is 18.2 Å². The fraction of sp³-hybridized carbons (Fsp3) is 0.571. The lowest BCUT2D eigenvalue weighted by molar-refractivity contribution is -0.132. The highest BCUT2D eigenvalue weighted by atomic mass is 35.5. The number of nitrogens with zero attached hydrogens (tertiary/aromatic N) is 1. The molecule has 1 aromatic rings. The van der Waals surface area contributed by atoms with Crippen molar-refractivity contribution in [3.05, 3.63) is 28.8 Å². The molecule has 0 aliphatic heterocycles. The van der Waals surface area contributed by atoms with Gasteiger partial charge in [0.25, 0.3) is 0 Å². The SMILES string of the molecule is CN(CCC(F)(F)F)c1cc(Cl)ccc1CNC1CC1. The molecular weight excluding hydrogens is 289 g/mol. The molecule has 0 spiro atoms. The van der Waals surface area contributed by atoms with E-state index in [-0.39, 0.29) is 6.54 Å². The quantitative estimate of drug-likeness (QED) is 0.855. The minimum Gasteiger partial charge on any atom is -0.374 e. The molecular formula is C14H18ClF3N2. The summed E-state index contributed by atoms with van der Waals surface area (Å²) in [4.78, 5) is 1.61. The van der Waals surface area contributed by atoms with E-state index in [1.165, 1.54) is 12.8 Å². The molecule has 2 rings (SSSR count). The van der Waals surface area contributed by atoms with Crippen LogP contribution in [0, 0.1) is 0 Å². The monoisotopic (exact) mass is 306 g/mol. The highest BCUT2D eigenvalue weighted by Gasteiger charge is 2.27. The Morgan fingerprint density at radius 3 is 2.65 bits per heavy atom. The molecule has 112 valence electrons. The molecule has 0 unspecified atom stereocenters. The summed E-state index contributed by atoms with van der Waals surface area (Å²) in [5.74, 6) is 0. The molecule has 1 N–H and O–H groups in total. The second kappa shape index (κ2) is 6.22. The minimum atomic E-state index is -4.14. The number of nitrogens with one attached hydrogen (secondary N) is 1. The molecule has 0 aromatic heterocycles. The summed E-state index contributed by atoms with van der Waals surface area (Å²) in [6.07, 6.45) is -2.62. The molecule has 1 aliphatic carbocycles. The van der Waals surface area contributed by atoms with Gasteiger partial charge in [0, 0.05) is 36.9 Å². The van der Waals surface area contributed by atoms with Crippen molar-refractivity contribution in [3.8, 4) is 0 Å². The minimum absolute atomic E-state index is 0.0692. The first-order valence-corrected chi connectivity index (χ1v) is 7.02. The Morgan fingerprint density at radius 1 is 1.35 bits per heavy atom. The van der Waals surface area contributed by atoms with Crippen LogP contribution in [0.5, 0.6) is 0 Å². The van der Waals surface area contributed by atoms with E-state index in [2.05, 4.69) is 5.32 Å². The normalized spacial score (nSPS) is 15.4. The van der Waals surface area contributed by atoms with E-state index in [4.69, 9.17) is 11.6 Å². The van der Waals surface area contributed by atoms with E-state index in [0.717, 1.165) is 11.3 Å². The Balaban J connectivity index is 2.04. The van der Waals surface area contributed by atoms with Crippen molar-refractivity contribution >= 4 is 17.3 Å². The molecule has 0 amide bonds. The molecule has 0 atom stereocenters. The Kier molecular flexibility index (Phi) is 4.81. The van der Waals surface area contributed by atoms with Crippen molar-refractivity contribution in [3.63, 3.8) is 0 Å². The van der Waals surface area contributed by atoms with Crippen LogP contribution in [0.2, 0.25) is 5.02 Å². The molecule has 2 nitrogen and oxygen atoms in total. The second-order valence-electron chi connectivity index (χ2n) is 5.21. The summed E-state index contributed by atoms with van der Waals surface area (Å²) in [6, 6.07) is 5.92. The third kappa shape index (κ3) is 4.87. The Labute approximate surface area is 121 Å². The van der Waals surface area contributed by atoms with Crippen LogP contribution in [0.4, 0.5) is 18.9 Å². The second-order valence-corrected chi connectivity index (χ2v) is 5.65. The lowest BCUT2D eigenvalue weighted by Crippen LogP contribution is -2.26. The lowest BCUT2D eigenvalue weighted by Gasteiger charge is -2.23. The van der Waals surface area contributed by atoms with E-state index in [1.54, 1.807) is 24.1 Å². The summed E-state index contributed by atoms with van der Waals surface area (Å²) < 4.78 is 36.9. The van der Waals surface area contributed by atoms with Crippen LogP contribution in [-0.2, 0) is 6.54 Å². The highest BCUT2D eigenvalue weighted by Crippen LogP contribution is 2.28. The molecule has 20 heavy (non-hydrogen) atoms. The topological polar surface area (TPSA) is 15.3 Å². The molecule has 1 saturated carbocycles. The number of benzene rings is 1. The van der Waals surface area contributed by atoms with Gasteiger partial charge in [0.1, 0.15) is 0 Å². The van der Waals surface area contributed by atoms with Crippen molar-refractivity contribution in [2.24, 2.45) is 0 Å². The van der Waals surface area contributed by atoms with Crippen LogP contribution in [0.3, 0.4) is 0 Å². The summed E-state index contributed by atoms with van der Waals surface area (Å²) in [5.41, 5.74) is 1.74. The van der Waals surface area contributed by atoms with Gasteiger partial charge in [-0.15, -0.1) is 0 Å². The summed E-state index contributed by atoms with van der Waals surface area (Å²) in [6.45, 7) is 0.591. The third-order valence-corrected chi connectivity index (χ3v) is 3.58. The van der Waals surface area contributed by atoms with E-state index in [9.17, 15) is 13.2 Å². The van der Waals surface area contributed by atoms with Gasteiger partial charge in [0.2, 0.25) is 0 Å². The van der Waals surface area contributed by atoms with E-state index in [1.807, 2.05) is 6.07 Å². The van der Waals surface area contributed by atoms with Gasteiger partial charge in [0.15, 0.2) is 0 Å². The standard InChI is InChI=1S/C14H18ClF3N2/c1-20(7-6-14(16,17)18)13-8-11(15)3-2-10(13)9-19-12-4-5-12/h2-3,8,12,19H,4-7,9H2,1H3. The van der Waals surface area contributed by atoms with Crippen LogP contribution in [0.1, 0.15) is 24.8 Å². The first-order chi connectivity index (χ1) is 9.35. The van der Waals surface area contributed by atoms with Crippen LogP contribution >= 0.6 is 11.6 Å². The molecule has 0 heterocycles. The van der Waals surface area contributed by atoms with Crippen molar-refractivity contribution in [2.75, 3.05) is 18.5 Å². The fourth-order valence-electron chi connectivity index (χ4n) is 2.00. The third-order valence-electron chi connectivity index (χ3n) is 3.35. The van der Waals surface area contributed by atoms with E-state index >= 15 is 0 Å². The fourth-order valence-corrected chi connectivity index (χ4v) is 2.16. The van der Waals surface area contributed by atoms with Crippen molar-refractivity contribution < 1.29 is 13.2 Å². The van der Waals surface area contributed by atoms with Gasteiger partial charge < -0.3 is 10.2 Å². The van der Waals surface area contributed by atoms with Gasteiger partial charge in [-0.25, -0.2) is 0 Å². The molecule has 0 radical (unpaired) electrons. The number of halogens is 4. The number of hydrogen-bond acceptors (Lipinski definition) is 2. The van der Waals surface area contributed by atoms with Gasteiger partial charge in [-0.2, -0.15) is 13.2 Å². The average Bonchev–Trinajstić information content (AvgIpc) is 3.17. The van der Waals surface area contributed by atoms with Gasteiger partial charge in [-0.3, -0.25) is 0 Å². The molecule has 0 saturated heterocycles. The maximum absolute atomic E-state index is 12.3. The molecule has 1 aliphatic rings. The van der Waals surface area contributed by atoms with Gasteiger partial charge in [0.05, 0.1) is 6.42 Å². The van der Waals surface area contributed by atoms with Gasteiger partial charge in [-0.1, -0.05) is 17.7 Å². The predicted octanol–water partition coefficient (Wildman–Crippen LogP) is 3.98. The maximum atomic E-state index is 12.3. The van der Waals surface area contributed by atoms with E-state index in [0.29, 0.717) is 17.6 Å². The Hall–Kier alpha value is -0.940. The molecule has 6 heteroatoms. The molecule has 1 fully saturated rings. The number of rotatable bonds is 6. The van der Waals surface area contributed by atoms with Crippen LogP contribution in [-0.4, -0.2) is 25.8 Å². The maximum Gasteiger partial charge on any atom is 0.390 e. The zero-order chi connectivity index (χ0) is 14.8. The predicted molar refractivity (Wildman–Crippen MR) is 75.3 cm³/mol. The first-order valence-electron chi connectivity index (χ1n) is 6.65. The molecule has 1 aromatic carbocycles. The number of anilines is 1. The van der Waals surface area contributed by atoms with Crippen LogP contribution in [0.25, 0.3) is 0 Å². The Bertz CT molecular complexity index is 458. The van der Waals surface area contributed by atoms with Gasteiger partial charge in [-0.05, 0) is 30.5 Å². The number of alkyl halides is 3. The molecule has 0 bridgehead atoms. The zero-order valence-corrected chi connectivity index (χ0v) is 12.1. The zero-order valence-electron chi connectivity index (χ0n) is 11.3. The number of hydrogen-bond donors (Lipinski definition) is 1. The van der Waals surface area contributed by atoms with Crippen molar-refractivity contribution in [2.45, 2.75) is 38.0 Å².